The molecule has 3 aromatic rings. The molecule has 5 rings (SSSR count). The first kappa shape index (κ1) is 25.4. The summed E-state index contributed by atoms with van der Waals surface area (Å²) in [5.41, 5.74) is 2.51. The Balaban J connectivity index is 0.000000384. The molecule has 6 nitrogen and oxygen atoms in total. The zero-order valence-electron chi connectivity index (χ0n) is 18.8. The standard InChI is InChI=1S/C23H21F2N3O.C2HF3O2/c24-18-8-6-16(7-9-18)13-28-22-15-26(12-17-3-1-4-19(25)11-17)14-21(22)27-10-2-5-20(27)23(28)29;3-2(4,5)1(6)7/h1-11,21-22H,12-15H2;(H,6,7). The van der Waals surface area contributed by atoms with Crippen molar-refractivity contribution < 1.29 is 36.6 Å². The Labute approximate surface area is 203 Å². The smallest absolute Gasteiger partial charge is 0.475 e. The maximum atomic E-state index is 13.6. The zero-order valence-corrected chi connectivity index (χ0v) is 18.8. The van der Waals surface area contributed by atoms with Crippen molar-refractivity contribution in [2.24, 2.45) is 0 Å². The van der Waals surface area contributed by atoms with E-state index < -0.39 is 12.1 Å². The van der Waals surface area contributed by atoms with Gasteiger partial charge in [-0.25, -0.2) is 13.6 Å². The Bertz CT molecular complexity index is 1240. The number of rotatable bonds is 4. The molecule has 2 unspecified atom stereocenters. The minimum Gasteiger partial charge on any atom is -0.475 e. The van der Waals surface area contributed by atoms with Gasteiger partial charge in [-0.05, 0) is 47.5 Å². The van der Waals surface area contributed by atoms with E-state index in [4.69, 9.17) is 9.90 Å². The summed E-state index contributed by atoms with van der Waals surface area (Å²) in [7, 11) is 0. The molecule has 2 aliphatic rings. The molecule has 3 heterocycles. The van der Waals surface area contributed by atoms with Gasteiger partial charge in [-0.3, -0.25) is 9.69 Å². The van der Waals surface area contributed by atoms with E-state index >= 15 is 0 Å². The molecule has 2 aromatic carbocycles. The van der Waals surface area contributed by atoms with Gasteiger partial charge in [0.15, 0.2) is 0 Å². The average molecular weight is 507 g/mol. The van der Waals surface area contributed by atoms with Gasteiger partial charge in [-0.2, -0.15) is 13.2 Å². The van der Waals surface area contributed by atoms with Gasteiger partial charge in [0.25, 0.3) is 5.91 Å². The lowest BCUT2D eigenvalue weighted by atomic mass is 10.0. The number of halogens is 5. The maximum absolute atomic E-state index is 13.6. The average Bonchev–Trinajstić information content (AvgIpc) is 3.45. The Hall–Kier alpha value is -3.73. The number of carbonyl (C=O) groups is 2. The molecule has 0 radical (unpaired) electrons. The molecule has 11 heteroatoms. The molecular formula is C25H22F5N3O3. The number of amides is 1. The third kappa shape index (κ3) is 5.56. The molecule has 0 saturated carbocycles. The van der Waals surface area contributed by atoms with Crippen LogP contribution in [0.5, 0.6) is 0 Å². The largest absolute Gasteiger partial charge is 0.490 e. The topological polar surface area (TPSA) is 65.8 Å². The number of hydrogen-bond acceptors (Lipinski definition) is 3. The number of nitrogens with zero attached hydrogens (tertiary/aromatic N) is 3. The summed E-state index contributed by atoms with van der Waals surface area (Å²) in [6.07, 6.45) is -3.12. The van der Waals surface area contributed by atoms with E-state index in [2.05, 4.69) is 9.47 Å². The molecule has 1 fully saturated rings. The highest BCUT2D eigenvalue weighted by atomic mass is 19.4. The lowest BCUT2D eigenvalue weighted by Crippen LogP contribution is -2.49. The molecule has 2 aliphatic heterocycles. The summed E-state index contributed by atoms with van der Waals surface area (Å²) in [5.74, 6) is -3.28. The molecule has 1 amide bonds. The summed E-state index contributed by atoms with van der Waals surface area (Å²) in [4.78, 5) is 26.2. The van der Waals surface area contributed by atoms with Crippen LogP contribution in [0.25, 0.3) is 0 Å². The molecule has 0 spiro atoms. The molecule has 2 atom stereocenters. The predicted octanol–water partition coefficient (Wildman–Crippen LogP) is 4.48. The third-order valence-corrected chi connectivity index (χ3v) is 6.16. The molecule has 190 valence electrons. The van der Waals surface area contributed by atoms with Crippen molar-refractivity contribution >= 4 is 11.9 Å². The van der Waals surface area contributed by atoms with Gasteiger partial charge in [0.05, 0.1) is 12.1 Å². The second kappa shape index (κ2) is 10.1. The summed E-state index contributed by atoms with van der Waals surface area (Å²) in [6.45, 7) is 2.58. The van der Waals surface area contributed by atoms with E-state index in [1.165, 1.54) is 18.2 Å². The van der Waals surface area contributed by atoms with E-state index in [1.54, 1.807) is 24.3 Å². The molecule has 0 aliphatic carbocycles. The summed E-state index contributed by atoms with van der Waals surface area (Å²) in [5, 5.41) is 7.12. The first-order valence-electron chi connectivity index (χ1n) is 11.0. The van der Waals surface area contributed by atoms with Crippen LogP contribution in [0, 0.1) is 11.6 Å². The highest BCUT2D eigenvalue weighted by molar-refractivity contribution is 5.94. The number of carboxylic acid groups (broad SMARTS) is 1. The molecule has 1 N–H and O–H groups in total. The molecular weight excluding hydrogens is 485 g/mol. The number of hydrogen-bond donors (Lipinski definition) is 1. The lowest BCUT2D eigenvalue weighted by molar-refractivity contribution is -0.192. The van der Waals surface area contributed by atoms with Gasteiger partial charge in [0.2, 0.25) is 0 Å². The van der Waals surface area contributed by atoms with Crippen molar-refractivity contribution in [2.75, 3.05) is 13.1 Å². The summed E-state index contributed by atoms with van der Waals surface area (Å²) in [6, 6.07) is 16.9. The van der Waals surface area contributed by atoms with Crippen molar-refractivity contribution in [3.63, 3.8) is 0 Å². The fourth-order valence-corrected chi connectivity index (χ4v) is 4.59. The van der Waals surface area contributed by atoms with Crippen molar-refractivity contribution in [2.45, 2.75) is 31.3 Å². The van der Waals surface area contributed by atoms with E-state index in [-0.39, 0.29) is 29.6 Å². The van der Waals surface area contributed by atoms with Crippen LogP contribution in [0.15, 0.2) is 66.9 Å². The zero-order chi connectivity index (χ0) is 26.0. The Morgan fingerprint density at radius 1 is 0.889 bits per heavy atom. The number of aliphatic carboxylic acids is 1. The van der Waals surface area contributed by atoms with Crippen LogP contribution in [-0.2, 0) is 17.9 Å². The minimum absolute atomic E-state index is 0.00631. The van der Waals surface area contributed by atoms with Gasteiger partial charge < -0.3 is 14.6 Å². The maximum Gasteiger partial charge on any atom is 0.490 e. The van der Waals surface area contributed by atoms with Gasteiger partial charge in [-0.1, -0.05) is 24.3 Å². The molecule has 0 bridgehead atoms. The monoisotopic (exact) mass is 507 g/mol. The summed E-state index contributed by atoms with van der Waals surface area (Å²) < 4.78 is 60.7. The van der Waals surface area contributed by atoms with Gasteiger partial charge in [-0.15, -0.1) is 0 Å². The van der Waals surface area contributed by atoms with Crippen molar-refractivity contribution in [1.82, 2.24) is 14.4 Å². The molecule has 1 saturated heterocycles. The SMILES string of the molecule is O=C(O)C(F)(F)F.O=C1c2cccn2C2CN(Cc3cccc(F)c3)CC2N1Cc1ccc(F)cc1. The van der Waals surface area contributed by atoms with E-state index in [9.17, 15) is 26.7 Å². The third-order valence-electron chi connectivity index (χ3n) is 6.16. The van der Waals surface area contributed by atoms with Crippen molar-refractivity contribution in [1.29, 1.82) is 0 Å². The number of alkyl halides is 3. The second-order valence-electron chi connectivity index (χ2n) is 8.62. The first-order chi connectivity index (χ1) is 17.0. The second-order valence-corrected chi connectivity index (χ2v) is 8.62. The van der Waals surface area contributed by atoms with Crippen molar-refractivity contribution in [3.05, 3.63) is 95.3 Å². The number of carbonyl (C=O) groups excluding carboxylic acids is 1. The minimum atomic E-state index is -5.08. The highest BCUT2D eigenvalue weighted by Crippen LogP contribution is 2.35. The Morgan fingerprint density at radius 2 is 1.56 bits per heavy atom. The first-order valence-corrected chi connectivity index (χ1v) is 11.0. The lowest BCUT2D eigenvalue weighted by Gasteiger charge is -2.38. The Morgan fingerprint density at radius 3 is 2.19 bits per heavy atom. The van der Waals surface area contributed by atoms with Crippen LogP contribution in [0.1, 0.15) is 27.7 Å². The molecule has 36 heavy (non-hydrogen) atoms. The van der Waals surface area contributed by atoms with Crippen LogP contribution in [0.2, 0.25) is 0 Å². The normalized spacial score (nSPS) is 19.4. The number of carboxylic acids is 1. The van der Waals surface area contributed by atoms with Crippen LogP contribution < -0.4 is 0 Å². The van der Waals surface area contributed by atoms with E-state index in [0.29, 0.717) is 25.3 Å². The van der Waals surface area contributed by atoms with E-state index in [0.717, 1.165) is 17.7 Å². The number of likely N-dealkylation sites (tertiary alicyclic amines) is 1. The fourth-order valence-electron chi connectivity index (χ4n) is 4.59. The number of benzene rings is 2. The van der Waals surface area contributed by atoms with Crippen LogP contribution in [-0.4, -0.2) is 56.7 Å². The van der Waals surface area contributed by atoms with E-state index in [1.807, 2.05) is 29.3 Å². The quantitative estimate of drug-likeness (QED) is 0.529. The van der Waals surface area contributed by atoms with Crippen LogP contribution in [0.3, 0.4) is 0 Å². The van der Waals surface area contributed by atoms with Crippen LogP contribution in [0.4, 0.5) is 22.0 Å². The van der Waals surface area contributed by atoms with Crippen molar-refractivity contribution in [3.8, 4) is 0 Å². The number of aromatic nitrogens is 1. The Kier molecular flexibility index (Phi) is 7.11. The summed E-state index contributed by atoms with van der Waals surface area (Å²) >= 11 is 0. The fraction of sp³-hybridized carbons (Fsp3) is 0.280. The highest BCUT2D eigenvalue weighted by Gasteiger charge is 2.44. The van der Waals surface area contributed by atoms with Gasteiger partial charge in [0.1, 0.15) is 17.3 Å². The predicted molar refractivity (Wildman–Crippen MR) is 119 cm³/mol. The van der Waals surface area contributed by atoms with Gasteiger partial charge >= 0.3 is 12.1 Å². The van der Waals surface area contributed by atoms with Crippen LogP contribution >= 0.6 is 0 Å². The molecule has 1 aromatic heterocycles. The number of fused-ring (bicyclic) bond motifs is 3. The van der Waals surface area contributed by atoms with Gasteiger partial charge in [0, 0.05) is 32.4 Å².